The van der Waals surface area contributed by atoms with Gasteiger partial charge in [-0.05, 0) is 63.6 Å². The van der Waals surface area contributed by atoms with Gasteiger partial charge < -0.3 is 14.8 Å². The van der Waals surface area contributed by atoms with E-state index in [4.69, 9.17) is 9.47 Å². The van der Waals surface area contributed by atoms with Crippen molar-refractivity contribution < 1.29 is 19.1 Å². The van der Waals surface area contributed by atoms with Gasteiger partial charge >= 0.3 is 6.09 Å². The van der Waals surface area contributed by atoms with Gasteiger partial charge in [0, 0.05) is 10.9 Å². The molecule has 0 unspecified atom stereocenters. The van der Waals surface area contributed by atoms with Crippen LogP contribution in [0.2, 0.25) is 0 Å². The third-order valence-corrected chi connectivity index (χ3v) is 4.03. The minimum Gasteiger partial charge on any atom is -0.494 e. The molecule has 150 valence electrons. The van der Waals surface area contributed by atoms with Gasteiger partial charge in [0.25, 0.3) is 5.91 Å². The first kappa shape index (κ1) is 21.8. The predicted octanol–water partition coefficient (Wildman–Crippen LogP) is 5.45. The van der Waals surface area contributed by atoms with Crippen LogP contribution in [-0.2, 0) is 4.74 Å². The van der Waals surface area contributed by atoms with Crippen LogP contribution in [0.25, 0.3) is 0 Å². The third-order valence-electron chi connectivity index (χ3n) is 3.47. The average molecular weight is 449 g/mol. The lowest BCUT2D eigenvalue weighted by Crippen LogP contribution is -2.27. The molecule has 0 heterocycles. The van der Waals surface area contributed by atoms with Crippen molar-refractivity contribution in [1.82, 2.24) is 0 Å². The number of alkyl halides is 1. The van der Waals surface area contributed by atoms with Gasteiger partial charge in [-0.2, -0.15) is 0 Å². The zero-order chi connectivity index (χ0) is 20.6. The van der Waals surface area contributed by atoms with Crippen LogP contribution in [0, 0.1) is 0 Å². The normalized spacial score (nSPS) is 10.9. The van der Waals surface area contributed by atoms with E-state index in [1.54, 1.807) is 69.3 Å². The molecule has 0 bridgehead atoms. The molecule has 0 aliphatic carbocycles. The highest BCUT2D eigenvalue weighted by Gasteiger charge is 2.17. The number of amides is 2. The number of ether oxygens (including phenoxy) is 2. The Balaban J connectivity index is 2.03. The van der Waals surface area contributed by atoms with Crippen LogP contribution < -0.4 is 15.4 Å². The number of para-hydroxylation sites is 2. The highest BCUT2D eigenvalue weighted by atomic mass is 79.9. The maximum Gasteiger partial charge on any atom is 0.412 e. The first-order valence-corrected chi connectivity index (χ1v) is 10.1. The van der Waals surface area contributed by atoms with Crippen LogP contribution >= 0.6 is 15.9 Å². The lowest BCUT2D eigenvalue weighted by atomic mass is 10.2. The summed E-state index contributed by atoms with van der Waals surface area (Å²) in [6.07, 6.45) is 0.322. The van der Waals surface area contributed by atoms with E-state index in [9.17, 15) is 9.59 Å². The van der Waals surface area contributed by atoms with Gasteiger partial charge in [0.05, 0.1) is 18.0 Å². The monoisotopic (exact) mass is 448 g/mol. The number of benzene rings is 2. The number of carbonyl (C=O) groups is 2. The largest absolute Gasteiger partial charge is 0.494 e. The van der Waals surface area contributed by atoms with Gasteiger partial charge in [-0.1, -0.05) is 28.1 Å². The first-order chi connectivity index (χ1) is 13.3. The lowest BCUT2D eigenvalue weighted by molar-refractivity contribution is 0.0635. The smallest absolute Gasteiger partial charge is 0.412 e. The summed E-state index contributed by atoms with van der Waals surface area (Å²) in [7, 11) is 0. The Labute approximate surface area is 173 Å². The highest BCUT2D eigenvalue weighted by molar-refractivity contribution is 9.09. The Morgan fingerprint density at radius 3 is 2.14 bits per heavy atom. The molecule has 0 radical (unpaired) electrons. The molecule has 28 heavy (non-hydrogen) atoms. The Morgan fingerprint density at radius 1 is 0.964 bits per heavy atom. The fourth-order valence-corrected chi connectivity index (χ4v) is 2.49. The second-order valence-corrected chi connectivity index (χ2v) is 7.83. The van der Waals surface area contributed by atoms with Gasteiger partial charge in [0.2, 0.25) is 0 Å². The molecule has 2 N–H and O–H groups in total. The van der Waals surface area contributed by atoms with Crippen LogP contribution in [0.4, 0.5) is 16.2 Å². The number of anilines is 2. The second kappa shape index (κ2) is 10.1. The van der Waals surface area contributed by atoms with Crippen LogP contribution in [0.15, 0.2) is 48.5 Å². The van der Waals surface area contributed by atoms with Gasteiger partial charge in [-0.15, -0.1) is 0 Å². The topological polar surface area (TPSA) is 76.7 Å². The summed E-state index contributed by atoms with van der Waals surface area (Å²) in [5, 5.41) is 6.35. The first-order valence-electron chi connectivity index (χ1n) is 8.98. The fourth-order valence-electron chi connectivity index (χ4n) is 2.26. The maximum atomic E-state index is 12.6. The number of nitrogens with one attached hydrogen (secondary N) is 2. The molecule has 7 heteroatoms. The summed E-state index contributed by atoms with van der Waals surface area (Å²) in [6, 6.07) is 13.9. The van der Waals surface area contributed by atoms with Crippen molar-refractivity contribution in [1.29, 1.82) is 0 Å². The summed E-state index contributed by atoms with van der Waals surface area (Å²) in [5.41, 5.74) is 0.816. The van der Waals surface area contributed by atoms with Crippen molar-refractivity contribution in [3.05, 3.63) is 54.1 Å². The molecule has 0 atom stereocenters. The number of rotatable bonds is 7. The molecule has 6 nitrogen and oxygen atoms in total. The van der Waals surface area contributed by atoms with Crippen molar-refractivity contribution in [3.63, 3.8) is 0 Å². The van der Waals surface area contributed by atoms with Gasteiger partial charge in [-0.3, -0.25) is 10.1 Å². The quantitative estimate of drug-likeness (QED) is 0.436. The van der Waals surface area contributed by atoms with Crippen molar-refractivity contribution >= 4 is 39.3 Å². The van der Waals surface area contributed by atoms with Crippen molar-refractivity contribution in [2.24, 2.45) is 0 Å². The number of carbonyl (C=O) groups excluding carboxylic acids is 2. The second-order valence-electron chi connectivity index (χ2n) is 7.04. The van der Waals surface area contributed by atoms with E-state index in [1.807, 2.05) is 0 Å². The van der Waals surface area contributed by atoms with Crippen molar-refractivity contribution in [2.45, 2.75) is 32.8 Å². The van der Waals surface area contributed by atoms with E-state index in [0.717, 1.165) is 11.8 Å². The number of hydrogen-bond acceptors (Lipinski definition) is 4. The van der Waals surface area contributed by atoms with Crippen LogP contribution in [-0.4, -0.2) is 29.5 Å². The molecular weight excluding hydrogens is 424 g/mol. The minimum absolute atomic E-state index is 0.287. The summed E-state index contributed by atoms with van der Waals surface area (Å²) in [4.78, 5) is 24.6. The van der Waals surface area contributed by atoms with Crippen molar-refractivity contribution in [2.75, 3.05) is 22.6 Å². The minimum atomic E-state index is -0.611. The molecule has 0 aromatic heterocycles. The van der Waals surface area contributed by atoms with Crippen LogP contribution in [0.1, 0.15) is 37.6 Å². The number of hydrogen-bond donors (Lipinski definition) is 2. The molecule has 0 aliphatic rings. The Bertz CT molecular complexity index is 801. The van der Waals surface area contributed by atoms with Gasteiger partial charge in [0.15, 0.2) is 0 Å². The summed E-state index contributed by atoms with van der Waals surface area (Å²) in [5.74, 6) is 0.426. The third kappa shape index (κ3) is 7.23. The molecule has 0 fully saturated rings. The van der Waals surface area contributed by atoms with Gasteiger partial charge in [-0.25, -0.2) is 4.79 Å². The molecule has 0 spiro atoms. The molecule has 2 rings (SSSR count). The summed E-state index contributed by atoms with van der Waals surface area (Å²) in [6.45, 7) is 5.97. The molecule has 0 saturated carbocycles. The molecule has 0 aliphatic heterocycles. The predicted molar refractivity (Wildman–Crippen MR) is 115 cm³/mol. The van der Waals surface area contributed by atoms with E-state index >= 15 is 0 Å². The molecular formula is C21H25BrN2O4. The zero-order valence-electron chi connectivity index (χ0n) is 16.3. The molecule has 2 aromatic rings. The van der Waals surface area contributed by atoms with Crippen molar-refractivity contribution in [3.8, 4) is 5.75 Å². The maximum absolute atomic E-state index is 12.6. The van der Waals surface area contributed by atoms with E-state index in [0.29, 0.717) is 29.3 Å². The van der Waals surface area contributed by atoms with E-state index in [1.165, 1.54) is 0 Å². The zero-order valence-corrected chi connectivity index (χ0v) is 17.8. The van der Waals surface area contributed by atoms with E-state index in [2.05, 4.69) is 26.6 Å². The summed E-state index contributed by atoms with van der Waals surface area (Å²) >= 11 is 3.35. The molecule has 2 amide bonds. The van der Waals surface area contributed by atoms with E-state index in [-0.39, 0.29) is 5.91 Å². The summed E-state index contributed by atoms with van der Waals surface area (Å²) < 4.78 is 10.8. The standard InChI is InChI=1S/C21H25BrN2O4/c1-21(2,3)28-20(26)24-18-8-5-4-7-17(18)23-19(25)15-9-11-16(12-10-15)27-14-6-13-22/h4-5,7-12H,6,13-14H2,1-3H3,(H,23,25)(H,24,26). The average Bonchev–Trinajstić information content (AvgIpc) is 2.62. The SMILES string of the molecule is CC(C)(C)OC(=O)Nc1ccccc1NC(=O)c1ccc(OCCCBr)cc1. The Hall–Kier alpha value is -2.54. The molecule has 2 aromatic carbocycles. The molecule has 0 saturated heterocycles. The number of halogens is 1. The highest BCUT2D eigenvalue weighted by Crippen LogP contribution is 2.23. The fraction of sp³-hybridized carbons (Fsp3) is 0.333. The lowest BCUT2D eigenvalue weighted by Gasteiger charge is -2.20. The van der Waals surface area contributed by atoms with Crippen LogP contribution in [0.5, 0.6) is 5.75 Å². The van der Waals surface area contributed by atoms with E-state index < -0.39 is 11.7 Å². The van der Waals surface area contributed by atoms with Crippen LogP contribution in [0.3, 0.4) is 0 Å². The van der Waals surface area contributed by atoms with Gasteiger partial charge in [0.1, 0.15) is 11.4 Å². The Kier molecular flexibility index (Phi) is 7.87. The Morgan fingerprint density at radius 2 is 1.57 bits per heavy atom.